The molecule has 180 valence electrons. The second-order valence-corrected chi connectivity index (χ2v) is 9.40. The second-order valence-electron chi connectivity index (χ2n) is 9.40. The zero-order valence-corrected chi connectivity index (χ0v) is 19.5. The molecule has 8 heteroatoms. The highest BCUT2D eigenvalue weighted by Crippen LogP contribution is 2.31. The predicted molar refractivity (Wildman–Crippen MR) is 128 cm³/mol. The first-order chi connectivity index (χ1) is 16.6. The largest absolute Gasteiger partial charge is 0.469 e. The Morgan fingerprint density at radius 1 is 1.09 bits per heavy atom. The standard InChI is InChI=1S/C26H31FN4O3/c1-33-25(32)14-17-2-6-20(7-3-17)34-21-10-12-31(13-11-21)24-9-4-18(16-28-24)26-29-22-8-5-19(27)15-23(22)30-26/h4-5,8-9,15-17,20-21H,2-3,6-7,10-14H2,1H3,(H,29,30)/t17-,20+. The third-order valence-corrected chi connectivity index (χ3v) is 7.09. The van der Waals surface area contributed by atoms with Gasteiger partial charge in [-0.1, -0.05) is 0 Å². The van der Waals surface area contributed by atoms with Gasteiger partial charge in [-0.25, -0.2) is 14.4 Å². The van der Waals surface area contributed by atoms with Crippen molar-refractivity contribution in [2.45, 2.75) is 57.2 Å². The highest BCUT2D eigenvalue weighted by atomic mass is 19.1. The SMILES string of the molecule is COC(=O)C[C@H]1CC[C@@H](OC2CCN(c3ccc(-c4nc5ccc(F)cc5[nH]4)cn3)CC2)CC1. The third-order valence-electron chi connectivity index (χ3n) is 7.09. The Morgan fingerprint density at radius 2 is 1.85 bits per heavy atom. The van der Waals surface area contributed by atoms with E-state index < -0.39 is 0 Å². The monoisotopic (exact) mass is 466 g/mol. The molecule has 34 heavy (non-hydrogen) atoms. The van der Waals surface area contributed by atoms with Crippen molar-refractivity contribution in [3.05, 3.63) is 42.3 Å². The van der Waals surface area contributed by atoms with Crippen LogP contribution in [0.15, 0.2) is 36.5 Å². The molecule has 0 bridgehead atoms. The topological polar surface area (TPSA) is 80.3 Å². The fourth-order valence-electron chi connectivity index (χ4n) is 5.12. The molecule has 1 saturated carbocycles. The number of carbonyl (C=O) groups is 1. The van der Waals surface area contributed by atoms with Crippen LogP contribution in [0.2, 0.25) is 0 Å². The molecule has 1 aliphatic carbocycles. The first kappa shape index (κ1) is 22.8. The van der Waals surface area contributed by atoms with E-state index in [0.29, 0.717) is 29.8 Å². The summed E-state index contributed by atoms with van der Waals surface area (Å²) in [5.41, 5.74) is 2.29. The molecule has 2 fully saturated rings. The molecule has 1 aromatic carbocycles. The fraction of sp³-hybridized carbons (Fsp3) is 0.500. The normalized spacial score (nSPS) is 21.6. The Hall–Kier alpha value is -3.00. The number of carbonyl (C=O) groups excluding carboxylic acids is 1. The minimum atomic E-state index is -0.283. The number of rotatable bonds is 6. The molecule has 0 unspecified atom stereocenters. The lowest BCUT2D eigenvalue weighted by Crippen LogP contribution is -2.39. The van der Waals surface area contributed by atoms with Gasteiger partial charge in [-0.3, -0.25) is 4.79 Å². The maximum absolute atomic E-state index is 13.4. The number of anilines is 1. The number of esters is 1. The van der Waals surface area contributed by atoms with Crippen molar-refractivity contribution in [1.82, 2.24) is 15.0 Å². The predicted octanol–water partition coefficient (Wildman–Crippen LogP) is 4.87. The molecule has 0 radical (unpaired) electrons. The Kier molecular flexibility index (Phi) is 6.76. The number of halogens is 1. The molecule has 0 amide bonds. The molecular weight excluding hydrogens is 435 g/mol. The van der Waals surface area contributed by atoms with Gasteiger partial charge in [-0.15, -0.1) is 0 Å². The summed E-state index contributed by atoms with van der Waals surface area (Å²) in [4.78, 5) is 26.1. The van der Waals surface area contributed by atoms with Gasteiger partial charge in [0.2, 0.25) is 0 Å². The average Bonchev–Trinajstić information content (AvgIpc) is 3.29. The summed E-state index contributed by atoms with van der Waals surface area (Å²) in [7, 11) is 1.46. The van der Waals surface area contributed by atoms with Gasteiger partial charge in [0.05, 0.1) is 30.4 Å². The van der Waals surface area contributed by atoms with E-state index >= 15 is 0 Å². The van der Waals surface area contributed by atoms with Crippen LogP contribution in [-0.4, -0.2) is 53.3 Å². The number of ether oxygens (including phenoxy) is 2. The summed E-state index contributed by atoms with van der Waals surface area (Å²) < 4.78 is 24.6. The van der Waals surface area contributed by atoms with Gasteiger partial charge in [-0.2, -0.15) is 0 Å². The number of methoxy groups -OCH3 is 1. The zero-order chi connectivity index (χ0) is 23.5. The number of hydrogen-bond acceptors (Lipinski definition) is 6. The first-order valence-electron chi connectivity index (χ1n) is 12.2. The van der Waals surface area contributed by atoms with Crippen molar-refractivity contribution in [2.75, 3.05) is 25.1 Å². The number of imidazole rings is 1. The Balaban J connectivity index is 1.11. The summed E-state index contributed by atoms with van der Waals surface area (Å²) in [5.74, 6) is 1.69. The molecule has 1 N–H and O–H groups in total. The fourth-order valence-corrected chi connectivity index (χ4v) is 5.12. The van der Waals surface area contributed by atoms with Crippen molar-refractivity contribution in [3.8, 4) is 11.4 Å². The number of piperidine rings is 1. The van der Waals surface area contributed by atoms with Gasteiger partial charge in [-0.05, 0) is 74.8 Å². The lowest BCUT2D eigenvalue weighted by Gasteiger charge is -2.36. The first-order valence-corrected chi connectivity index (χ1v) is 12.2. The van der Waals surface area contributed by atoms with Gasteiger partial charge >= 0.3 is 5.97 Å². The summed E-state index contributed by atoms with van der Waals surface area (Å²) >= 11 is 0. The number of benzene rings is 1. The molecule has 3 aromatic rings. The quantitative estimate of drug-likeness (QED) is 0.522. The van der Waals surface area contributed by atoms with E-state index in [2.05, 4.69) is 19.9 Å². The van der Waals surface area contributed by atoms with Crippen LogP contribution in [0.25, 0.3) is 22.4 Å². The average molecular weight is 467 g/mol. The number of aromatic amines is 1. The number of aromatic nitrogens is 3. The van der Waals surface area contributed by atoms with Gasteiger partial charge in [0.25, 0.3) is 0 Å². The van der Waals surface area contributed by atoms with E-state index in [0.717, 1.165) is 68.5 Å². The molecule has 2 aliphatic rings. The number of pyridine rings is 1. The lowest BCUT2D eigenvalue weighted by atomic mass is 9.85. The van der Waals surface area contributed by atoms with Gasteiger partial charge in [0.1, 0.15) is 17.5 Å². The summed E-state index contributed by atoms with van der Waals surface area (Å²) in [6.45, 7) is 1.83. The van der Waals surface area contributed by atoms with Crippen LogP contribution in [0, 0.1) is 11.7 Å². The minimum absolute atomic E-state index is 0.105. The molecule has 0 atom stereocenters. The van der Waals surface area contributed by atoms with Crippen molar-refractivity contribution < 1.29 is 18.7 Å². The van der Waals surface area contributed by atoms with E-state index in [1.807, 2.05) is 18.3 Å². The molecule has 5 rings (SSSR count). The number of nitrogens with zero attached hydrogens (tertiary/aromatic N) is 3. The molecule has 7 nitrogen and oxygen atoms in total. The Morgan fingerprint density at radius 3 is 2.56 bits per heavy atom. The van der Waals surface area contributed by atoms with Crippen LogP contribution >= 0.6 is 0 Å². The van der Waals surface area contributed by atoms with Crippen LogP contribution in [0.3, 0.4) is 0 Å². The van der Waals surface area contributed by atoms with Gasteiger partial charge in [0, 0.05) is 31.3 Å². The zero-order valence-electron chi connectivity index (χ0n) is 19.5. The van der Waals surface area contributed by atoms with Crippen LogP contribution < -0.4 is 4.90 Å². The van der Waals surface area contributed by atoms with Crippen molar-refractivity contribution in [2.24, 2.45) is 5.92 Å². The summed E-state index contributed by atoms with van der Waals surface area (Å²) in [6.07, 6.45) is 9.04. The van der Waals surface area contributed by atoms with Crippen LogP contribution in [0.1, 0.15) is 44.9 Å². The lowest BCUT2D eigenvalue weighted by molar-refractivity contribution is -0.142. The van der Waals surface area contributed by atoms with Crippen LogP contribution in [-0.2, 0) is 14.3 Å². The minimum Gasteiger partial charge on any atom is -0.469 e. The number of nitrogens with one attached hydrogen (secondary N) is 1. The van der Waals surface area contributed by atoms with Crippen LogP contribution in [0.4, 0.5) is 10.2 Å². The van der Waals surface area contributed by atoms with E-state index in [4.69, 9.17) is 9.47 Å². The molecule has 3 heterocycles. The van der Waals surface area contributed by atoms with E-state index in [1.165, 1.54) is 19.2 Å². The van der Waals surface area contributed by atoms with Crippen molar-refractivity contribution >= 4 is 22.8 Å². The third kappa shape index (κ3) is 5.22. The smallest absolute Gasteiger partial charge is 0.305 e. The van der Waals surface area contributed by atoms with Crippen molar-refractivity contribution in [3.63, 3.8) is 0 Å². The Bertz CT molecular complexity index is 1120. The molecule has 1 aliphatic heterocycles. The molecule has 2 aromatic heterocycles. The van der Waals surface area contributed by atoms with Crippen LogP contribution in [0.5, 0.6) is 0 Å². The van der Waals surface area contributed by atoms with Crippen molar-refractivity contribution in [1.29, 1.82) is 0 Å². The van der Waals surface area contributed by atoms with E-state index in [1.54, 1.807) is 6.07 Å². The second kappa shape index (κ2) is 10.1. The van der Waals surface area contributed by atoms with E-state index in [9.17, 15) is 9.18 Å². The maximum Gasteiger partial charge on any atom is 0.305 e. The van der Waals surface area contributed by atoms with Gasteiger partial charge < -0.3 is 19.4 Å². The number of hydrogen-bond donors (Lipinski definition) is 1. The highest BCUT2D eigenvalue weighted by molar-refractivity contribution is 5.79. The maximum atomic E-state index is 13.4. The summed E-state index contributed by atoms with van der Waals surface area (Å²) in [6, 6.07) is 8.57. The Labute approximate surface area is 198 Å². The number of fused-ring (bicyclic) bond motifs is 1. The summed E-state index contributed by atoms with van der Waals surface area (Å²) in [5, 5.41) is 0. The molecule has 1 saturated heterocycles. The van der Waals surface area contributed by atoms with E-state index in [-0.39, 0.29) is 17.9 Å². The highest BCUT2D eigenvalue weighted by Gasteiger charge is 2.28. The molecular formula is C26H31FN4O3. The van der Waals surface area contributed by atoms with Gasteiger partial charge in [0.15, 0.2) is 0 Å². The number of H-pyrrole nitrogens is 1. The molecule has 0 spiro atoms.